The molecule has 4 N–H and O–H groups in total. The van der Waals surface area contributed by atoms with Gasteiger partial charge in [0.25, 0.3) is 0 Å². The van der Waals surface area contributed by atoms with Crippen molar-refractivity contribution < 1.29 is 14.7 Å². The quantitative estimate of drug-likeness (QED) is 0.704. The second-order valence-electron chi connectivity index (χ2n) is 5.65. The zero-order chi connectivity index (χ0) is 15.3. The maximum atomic E-state index is 11.2. The second kappa shape index (κ2) is 6.52. The number of rotatable bonds is 7. The molecule has 0 bridgehead atoms. The van der Waals surface area contributed by atoms with Gasteiger partial charge in [-0.3, -0.25) is 9.59 Å². The Kier molecular flexibility index (Phi) is 5.27. The standard InChI is InChI=1S/C15H22N2O3/c1-10(13(18)19)12-6-4-11(5-7-12)8-17-9-15(2,3)14(16)20/h4-7,10,17H,8-9H2,1-3H3,(H2,16,20)(H,18,19). The van der Waals surface area contributed by atoms with Crippen LogP contribution in [-0.2, 0) is 16.1 Å². The number of hydrogen-bond acceptors (Lipinski definition) is 3. The molecule has 1 atom stereocenters. The van der Waals surface area contributed by atoms with E-state index in [1.807, 2.05) is 24.3 Å². The van der Waals surface area contributed by atoms with Gasteiger partial charge in [0.1, 0.15) is 0 Å². The molecule has 5 nitrogen and oxygen atoms in total. The fourth-order valence-electron chi connectivity index (χ4n) is 1.67. The topological polar surface area (TPSA) is 92.4 Å². The number of carbonyl (C=O) groups is 2. The van der Waals surface area contributed by atoms with Gasteiger partial charge >= 0.3 is 5.97 Å². The van der Waals surface area contributed by atoms with E-state index < -0.39 is 17.3 Å². The summed E-state index contributed by atoms with van der Waals surface area (Å²) < 4.78 is 0. The number of aliphatic carboxylic acids is 1. The predicted molar refractivity (Wildman–Crippen MR) is 77.2 cm³/mol. The van der Waals surface area contributed by atoms with Crippen LogP contribution < -0.4 is 11.1 Å². The summed E-state index contributed by atoms with van der Waals surface area (Å²) in [5.74, 6) is -1.68. The number of nitrogens with two attached hydrogens (primary N) is 1. The number of amides is 1. The van der Waals surface area contributed by atoms with E-state index in [-0.39, 0.29) is 5.91 Å². The Morgan fingerprint density at radius 3 is 2.30 bits per heavy atom. The zero-order valence-corrected chi connectivity index (χ0v) is 12.1. The number of carboxylic acid groups (broad SMARTS) is 1. The Bertz CT molecular complexity index is 480. The SMILES string of the molecule is CC(C(=O)O)c1ccc(CNCC(C)(C)C(N)=O)cc1. The molecule has 5 heteroatoms. The average Bonchev–Trinajstić information content (AvgIpc) is 2.38. The van der Waals surface area contributed by atoms with Crippen molar-refractivity contribution in [2.24, 2.45) is 11.1 Å². The van der Waals surface area contributed by atoms with Crippen LogP contribution in [0.4, 0.5) is 0 Å². The Balaban J connectivity index is 2.55. The molecule has 1 amide bonds. The van der Waals surface area contributed by atoms with E-state index in [0.29, 0.717) is 13.1 Å². The number of hydrogen-bond donors (Lipinski definition) is 3. The normalized spacial score (nSPS) is 12.9. The van der Waals surface area contributed by atoms with Crippen LogP contribution in [-0.4, -0.2) is 23.5 Å². The Hall–Kier alpha value is -1.88. The molecule has 0 aliphatic heterocycles. The average molecular weight is 278 g/mol. The third-order valence-electron chi connectivity index (χ3n) is 3.41. The molecule has 20 heavy (non-hydrogen) atoms. The molecule has 0 radical (unpaired) electrons. The highest BCUT2D eigenvalue weighted by Gasteiger charge is 2.24. The van der Waals surface area contributed by atoms with Crippen LogP contribution in [0, 0.1) is 5.41 Å². The fraction of sp³-hybridized carbons (Fsp3) is 0.467. The van der Waals surface area contributed by atoms with Crippen LogP contribution in [0.1, 0.15) is 37.8 Å². The summed E-state index contributed by atoms with van der Waals surface area (Å²) in [6.07, 6.45) is 0. The monoisotopic (exact) mass is 278 g/mol. The van der Waals surface area contributed by atoms with Crippen LogP contribution >= 0.6 is 0 Å². The molecule has 0 spiro atoms. The summed E-state index contributed by atoms with van der Waals surface area (Å²) in [5.41, 5.74) is 6.52. The van der Waals surface area contributed by atoms with Gasteiger partial charge in [-0.15, -0.1) is 0 Å². The van der Waals surface area contributed by atoms with E-state index in [1.54, 1.807) is 20.8 Å². The molecule has 0 saturated heterocycles. The molecule has 0 heterocycles. The van der Waals surface area contributed by atoms with Crippen LogP contribution in [0.5, 0.6) is 0 Å². The summed E-state index contributed by atoms with van der Waals surface area (Å²) in [7, 11) is 0. The number of nitrogens with one attached hydrogen (secondary N) is 1. The van der Waals surface area contributed by atoms with Crippen molar-refractivity contribution in [1.82, 2.24) is 5.32 Å². The molecule has 1 aromatic rings. The maximum Gasteiger partial charge on any atom is 0.310 e. The third-order valence-corrected chi connectivity index (χ3v) is 3.41. The number of carbonyl (C=O) groups excluding carboxylic acids is 1. The smallest absolute Gasteiger partial charge is 0.310 e. The van der Waals surface area contributed by atoms with E-state index >= 15 is 0 Å². The van der Waals surface area contributed by atoms with Gasteiger partial charge in [0.2, 0.25) is 5.91 Å². The highest BCUT2D eigenvalue weighted by Crippen LogP contribution is 2.16. The molecule has 0 aliphatic rings. The Labute approximate surface area is 119 Å². The lowest BCUT2D eigenvalue weighted by atomic mass is 9.92. The van der Waals surface area contributed by atoms with E-state index in [2.05, 4.69) is 5.32 Å². The molecule has 110 valence electrons. The van der Waals surface area contributed by atoms with Crippen LogP contribution in [0.3, 0.4) is 0 Å². The number of primary amides is 1. The summed E-state index contributed by atoms with van der Waals surface area (Å²) in [6, 6.07) is 7.40. The molecular weight excluding hydrogens is 256 g/mol. The Morgan fingerprint density at radius 1 is 1.30 bits per heavy atom. The van der Waals surface area contributed by atoms with Crippen molar-refractivity contribution in [3.63, 3.8) is 0 Å². The lowest BCUT2D eigenvalue weighted by molar-refractivity contribution is -0.138. The van der Waals surface area contributed by atoms with E-state index in [4.69, 9.17) is 10.8 Å². The van der Waals surface area contributed by atoms with Crippen molar-refractivity contribution in [3.8, 4) is 0 Å². The Morgan fingerprint density at radius 2 is 1.85 bits per heavy atom. The van der Waals surface area contributed by atoms with Crippen molar-refractivity contribution in [1.29, 1.82) is 0 Å². The summed E-state index contributed by atoms with van der Waals surface area (Å²) in [6.45, 7) is 6.35. The van der Waals surface area contributed by atoms with Gasteiger partial charge in [0.05, 0.1) is 11.3 Å². The van der Waals surface area contributed by atoms with Gasteiger partial charge < -0.3 is 16.2 Å². The van der Waals surface area contributed by atoms with Crippen molar-refractivity contribution >= 4 is 11.9 Å². The van der Waals surface area contributed by atoms with Gasteiger partial charge in [-0.1, -0.05) is 24.3 Å². The van der Waals surface area contributed by atoms with Gasteiger partial charge in [-0.05, 0) is 31.9 Å². The molecule has 0 saturated carbocycles. The zero-order valence-electron chi connectivity index (χ0n) is 12.1. The predicted octanol–water partition coefficient (Wildman–Crippen LogP) is 1.48. The minimum Gasteiger partial charge on any atom is -0.481 e. The fourth-order valence-corrected chi connectivity index (χ4v) is 1.67. The number of carboxylic acids is 1. The van der Waals surface area contributed by atoms with Gasteiger partial charge in [0.15, 0.2) is 0 Å². The van der Waals surface area contributed by atoms with Crippen LogP contribution in [0.25, 0.3) is 0 Å². The summed E-state index contributed by atoms with van der Waals surface area (Å²) >= 11 is 0. The summed E-state index contributed by atoms with van der Waals surface area (Å²) in [5, 5.41) is 12.1. The summed E-state index contributed by atoms with van der Waals surface area (Å²) in [4.78, 5) is 22.0. The van der Waals surface area contributed by atoms with Gasteiger partial charge in [-0.25, -0.2) is 0 Å². The highest BCUT2D eigenvalue weighted by molar-refractivity contribution is 5.80. The molecule has 1 rings (SSSR count). The van der Waals surface area contributed by atoms with Crippen LogP contribution in [0.15, 0.2) is 24.3 Å². The van der Waals surface area contributed by atoms with Gasteiger partial charge in [-0.2, -0.15) is 0 Å². The van der Waals surface area contributed by atoms with Crippen molar-refractivity contribution in [2.75, 3.05) is 6.54 Å². The van der Waals surface area contributed by atoms with E-state index in [9.17, 15) is 9.59 Å². The van der Waals surface area contributed by atoms with Gasteiger partial charge in [0, 0.05) is 13.1 Å². The molecule has 1 unspecified atom stereocenters. The first-order valence-electron chi connectivity index (χ1n) is 6.56. The molecule has 0 aromatic heterocycles. The second-order valence-corrected chi connectivity index (χ2v) is 5.65. The van der Waals surface area contributed by atoms with E-state index in [0.717, 1.165) is 11.1 Å². The molecule has 1 aromatic carbocycles. The minimum absolute atomic E-state index is 0.337. The van der Waals surface area contributed by atoms with Crippen molar-refractivity contribution in [2.45, 2.75) is 33.2 Å². The van der Waals surface area contributed by atoms with Crippen molar-refractivity contribution in [3.05, 3.63) is 35.4 Å². The highest BCUT2D eigenvalue weighted by atomic mass is 16.4. The lowest BCUT2D eigenvalue weighted by Gasteiger charge is -2.20. The number of benzene rings is 1. The first-order valence-corrected chi connectivity index (χ1v) is 6.56. The third kappa shape index (κ3) is 4.35. The lowest BCUT2D eigenvalue weighted by Crippen LogP contribution is -2.40. The maximum absolute atomic E-state index is 11.2. The first kappa shape index (κ1) is 16.2. The minimum atomic E-state index is -0.834. The largest absolute Gasteiger partial charge is 0.481 e. The molecule has 0 fully saturated rings. The molecular formula is C15H22N2O3. The molecule has 0 aliphatic carbocycles. The van der Waals surface area contributed by atoms with E-state index in [1.165, 1.54) is 0 Å². The first-order chi connectivity index (χ1) is 9.24. The van der Waals surface area contributed by atoms with Crippen LogP contribution in [0.2, 0.25) is 0 Å².